The number of nitrogens with zero attached hydrogens (tertiary/aromatic N) is 3. The second-order valence-corrected chi connectivity index (χ2v) is 10.8. The van der Waals surface area contributed by atoms with Crippen molar-refractivity contribution in [2.45, 2.75) is 52.7 Å². The van der Waals surface area contributed by atoms with Crippen molar-refractivity contribution in [1.29, 1.82) is 0 Å². The van der Waals surface area contributed by atoms with Crippen molar-refractivity contribution in [2.24, 2.45) is 7.05 Å². The van der Waals surface area contributed by atoms with Gasteiger partial charge < -0.3 is 19.1 Å². The van der Waals surface area contributed by atoms with Crippen LogP contribution in [0.4, 0.5) is 4.39 Å². The Morgan fingerprint density at radius 1 is 1.12 bits per heavy atom. The number of hydrogen-bond acceptors (Lipinski definition) is 4. The Morgan fingerprint density at radius 2 is 1.95 bits per heavy atom. The zero-order valence-corrected chi connectivity index (χ0v) is 23.7. The van der Waals surface area contributed by atoms with E-state index in [1.54, 1.807) is 6.92 Å². The number of rotatable bonds is 6. The van der Waals surface area contributed by atoms with Crippen LogP contribution in [0.25, 0.3) is 32.8 Å². The fourth-order valence-electron chi connectivity index (χ4n) is 6.20. The third-order valence-corrected chi connectivity index (χ3v) is 8.11. The Kier molecular flexibility index (Phi) is 7.26. The second-order valence-electron chi connectivity index (χ2n) is 10.8. The average molecular weight is 556 g/mol. The number of aromatic nitrogens is 3. The van der Waals surface area contributed by atoms with Gasteiger partial charge in [-0.2, -0.15) is 5.10 Å². The summed E-state index contributed by atoms with van der Waals surface area (Å²) in [7, 11) is 1.93. The first-order chi connectivity index (χ1) is 19.8. The standard InChI is InChI=1S/C33H34FN3O4/c1-20-17-26-22(18-27(20)34)9-6-13-29(26)41-16-8-12-24-23-10-7-11-25-30-21(2)35-36(3)28(30)19-40-15-5-4-14-37(31(23)25)32(24)33(38)39/h6-7,9-11,13,17-18H,4-5,8,12,14-16,19H2,1-3H3,(H,38,39). The number of aryl methyl sites for hydroxylation is 5. The highest BCUT2D eigenvalue weighted by atomic mass is 19.1. The fourth-order valence-corrected chi connectivity index (χ4v) is 6.20. The van der Waals surface area contributed by atoms with E-state index in [0.29, 0.717) is 56.2 Å². The molecule has 5 aromatic rings. The molecule has 0 amide bonds. The van der Waals surface area contributed by atoms with E-state index in [9.17, 15) is 14.3 Å². The molecule has 212 valence electrons. The van der Waals surface area contributed by atoms with Gasteiger partial charge in [0.05, 0.1) is 30.1 Å². The maximum Gasteiger partial charge on any atom is 0.352 e. The molecule has 0 unspecified atom stereocenters. The van der Waals surface area contributed by atoms with Crippen LogP contribution in [0, 0.1) is 19.7 Å². The van der Waals surface area contributed by atoms with Crippen LogP contribution in [0.5, 0.6) is 5.75 Å². The van der Waals surface area contributed by atoms with Crippen LogP contribution < -0.4 is 4.74 Å². The van der Waals surface area contributed by atoms with Crippen molar-refractivity contribution in [3.63, 3.8) is 0 Å². The third kappa shape index (κ3) is 4.86. The van der Waals surface area contributed by atoms with Crippen LogP contribution in [0.2, 0.25) is 0 Å². The molecule has 8 heteroatoms. The summed E-state index contributed by atoms with van der Waals surface area (Å²) in [6.07, 6.45) is 2.83. The average Bonchev–Trinajstić information content (AvgIpc) is 3.40. The summed E-state index contributed by atoms with van der Waals surface area (Å²) < 4.78 is 30.1. The zero-order valence-electron chi connectivity index (χ0n) is 23.7. The number of para-hydroxylation sites is 1. The minimum absolute atomic E-state index is 0.237. The predicted molar refractivity (Wildman–Crippen MR) is 157 cm³/mol. The van der Waals surface area contributed by atoms with Crippen LogP contribution in [0.1, 0.15) is 52.3 Å². The van der Waals surface area contributed by atoms with Gasteiger partial charge >= 0.3 is 5.97 Å². The van der Waals surface area contributed by atoms with E-state index >= 15 is 0 Å². The first kappa shape index (κ1) is 27.0. The normalized spacial score (nSPS) is 13.8. The SMILES string of the molecule is Cc1cc2c(OCCCc3c(C(=O)O)n4c5c(cccc35)-c3c(C)nn(C)c3COCCCC4)cccc2cc1F. The molecule has 3 heterocycles. The Bertz CT molecular complexity index is 1790. The van der Waals surface area contributed by atoms with Gasteiger partial charge in [0.2, 0.25) is 0 Å². The number of carboxylic acid groups (broad SMARTS) is 1. The Labute approximate surface area is 238 Å². The van der Waals surface area contributed by atoms with Gasteiger partial charge in [-0.05, 0) is 74.2 Å². The molecular weight excluding hydrogens is 521 g/mol. The Balaban J connectivity index is 1.38. The van der Waals surface area contributed by atoms with Crippen molar-refractivity contribution >= 4 is 27.6 Å². The first-order valence-corrected chi connectivity index (χ1v) is 14.1. The van der Waals surface area contributed by atoms with E-state index in [2.05, 4.69) is 11.2 Å². The van der Waals surface area contributed by atoms with Gasteiger partial charge in [-0.15, -0.1) is 0 Å². The number of halogens is 1. The zero-order chi connectivity index (χ0) is 28.7. The number of hydrogen-bond donors (Lipinski definition) is 1. The maximum absolute atomic E-state index is 14.1. The van der Waals surface area contributed by atoms with Gasteiger partial charge in [-0.3, -0.25) is 4.68 Å². The monoisotopic (exact) mass is 555 g/mol. The maximum atomic E-state index is 14.1. The minimum Gasteiger partial charge on any atom is -0.493 e. The highest BCUT2D eigenvalue weighted by Gasteiger charge is 2.27. The summed E-state index contributed by atoms with van der Waals surface area (Å²) in [6.45, 7) is 5.80. The van der Waals surface area contributed by atoms with Gasteiger partial charge in [-0.1, -0.05) is 30.3 Å². The van der Waals surface area contributed by atoms with E-state index < -0.39 is 5.97 Å². The minimum atomic E-state index is -0.927. The van der Waals surface area contributed by atoms with Crippen LogP contribution in [-0.4, -0.2) is 38.6 Å². The van der Waals surface area contributed by atoms with Crippen LogP contribution >= 0.6 is 0 Å². The lowest BCUT2D eigenvalue weighted by Crippen LogP contribution is -2.12. The molecule has 41 heavy (non-hydrogen) atoms. The number of benzene rings is 3. The largest absolute Gasteiger partial charge is 0.493 e. The van der Waals surface area contributed by atoms with Crippen LogP contribution in [-0.2, 0) is 31.4 Å². The summed E-state index contributed by atoms with van der Waals surface area (Å²) in [6, 6.07) is 15.1. The van der Waals surface area contributed by atoms with E-state index in [-0.39, 0.29) is 5.82 Å². The summed E-state index contributed by atoms with van der Waals surface area (Å²) in [5, 5.41) is 17.8. The lowest BCUT2D eigenvalue weighted by atomic mass is 9.98. The third-order valence-electron chi connectivity index (χ3n) is 8.11. The van der Waals surface area contributed by atoms with Crippen LogP contribution in [0.3, 0.4) is 0 Å². The number of aromatic carboxylic acids is 1. The molecule has 0 saturated carbocycles. The predicted octanol–water partition coefficient (Wildman–Crippen LogP) is 6.97. The topological polar surface area (TPSA) is 78.5 Å². The molecule has 0 fully saturated rings. The molecule has 2 aromatic heterocycles. The molecule has 0 spiro atoms. The lowest BCUT2D eigenvalue weighted by molar-refractivity contribution is 0.0683. The second kappa shape index (κ2) is 11.0. The highest BCUT2D eigenvalue weighted by molar-refractivity contribution is 6.04. The van der Waals surface area contributed by atoms with E-state index in [0.717, 1.165) is 62.6 Å². The van der Waals surface area contributed by atoms with Crippen molar-refractivity contribution < 1.29 is 23.8 Å². The van der Waals surface area contributed by atoms with Gasteiger partial charge in [0, 0.05) is 42.1 Å². The molecule has 0 bridgehead atoms. The molecule has 6 rings (SSSR count). The van der Waals surface area contributed by atoms with E-state index in [1.165, 1.54) is 6.07 Å². The first-order valence-electron chi connectivity index (χ1n) is 14.1. The van der Waals surface area contributed by atoms with Gasteiger partial charge in [0.15, 0.2) is 0 Å². The molecule has 7 nitrogen and oxygen atoms in total. The summed E-state index contributed by atoms with van der Waals surface area (Å²) in [5.41, 5.74) is 6.54. The number of carbonyl (C=O) groups is 1. The number of carboxylic acids is 1. The quantitative estimate of drug-likeness (QED) is 0.229. The van der Waals surface area contributed by atoms with Gasteiger partial charge in [-0.25, -0.2) is 9.18 Å². The summed E-state index contributed by atoms with van der Waals surface area (Å²) in [4.78, 5) is 12.8. The van der Waals surface area contributed by atoms with Gasteiger partial charge in [0.1, 0.15) is 17.3 Å². The smallest absolute Gasteiger partial charge is 0.352 e. The molecule has 1 aliphatic rings. The summed E-state index contributed by atoms with van der Waals surface area (Å²) >= 11 is 0. The molecular formula is C33H34FN3O4. The van der Waals surface area contributed by atoms with Crippen molar-refractivity contribution in [3.8, 4) is 16.9 Å². The molecule has 1 aliphatic heterocycles. The molecule has 0 radical (unpaired) electrons. The molecule has 3 aromatic carbocycles. The Morgan fingerprint density at radius 3 is 2.78 bits per heavy atom. The molecule has 0 atom stereocenters. The van der Waals surface area contributed by atoms with Crippen molar-refractivity contribution in [2.75, 3.05) is 13.2 Å². The molecule has 0 aliphatic carbocycles. The van der Waals surface area contributed by atoms with Gasteiger partial charge in [0.25, 0.3) is 0 Å². The number of ether oxygens (including phenoxy) is 2. The summed E-state index contributed by atoms with van der Waals surface area (Å²) in [5.74, 6) is -0.465. The highest BCUT2D eigenvalue weighted by Crippen LogP contribution is 2.39. The molecule has 0 saturated heterocycles. The fraction of sp³-hybridized carbons (Fsp3) is 0.333. The van der Waals surface area contributed by atoms with E-state index in [4.69, 9.17) is 9.47 Å². The van der Waals surface area contributed by atoms with E-state index in [1.807, 2.05) is 59.6 Å². The lowest BCUT2D eigenvalue weighted by Gasteiger charge is -2.12. The Hall–Kier alpha value is -4.17. The number of fused-ring (bicyclic) bond motifs is 3. The van der Waals surface area contributed by atoms with Crippen molar-refractivity contribution in [1.82, 2.24) is 14.3 Å². The van der Waals surface area contributed by atoms with Crippen LogP contribution in [0.15, 0.2) is 48.5 Å². The van der Waals surface area contributed by atoms with Crippen molar-refractivity contribution in [3.05, 3.63) is 82.6 Å². The molecule has 1 N–H and O–H groups in total.